The summed E-state index contributed by atoms with van der Waals surface area (Å²) in [6.45, 7) is 2.07. The number of rotatable bonds is 4. The molecule has 0 bridgehead atoms. The van der Waals surface area contributed by atoms with Crippen LogP contribution in [-0.4, -0.2) is 16.1 Å². The highest BCUT2D eigenvalue weighted by atomic mass is 16.3. The van der Waals surface area contributed by atoms with E-state index < -0.39 is 0 Å². The fourth-order valence-electron chi connectivity index (χ4n) is 2.63. The van der Waals surface area contributed by atoms with Gasteiger partial charge in [-0.3, -0.25) is 5.41 Å². The van der Waals surface area contributed by atoms with Crippen molar-refractivity contribution in [1.29, 1.82) is 5.41 Å². The number of aromatic nitrogens is 1. The Morgan fingerprint density at radius 1 is 0.960 bits per heavy atom. The van der Waals surface area contributed by atoms with Crippen molar-refractivity contribution >= 4 is 17.5 Å². The van der Waals surface area contributed by atoms with Crippen LogP contribution in [0.3, 0.4) is 0 Å². The number of nitrogens with one attached hydrogen (secondary N) is 3. The Morgan fingerprint density at radius 2 is 1.68 bits per heavy atom. The van der Waals surface area contributed by atoms with Crippen LogP contribution in [0.2, 0.25) is 0 Å². The van der Waals surface area contributed by atoms with Gasteiger partial charge in [-0.1, -0.05) is 43.3 Å². The Balaban J connectivity index is 1.78. The Labute approximate surface area is 146 Å². The van der Waals surface area contributed by atoms with E-state index in [1.807, 2.05) is 54.6 Å². The summed E-state index contributed by atoms with van der Waals surface area (Å²) >= 11 is 0. The Morgan fingerprint density at radius 3 is 2.40 bits per heavy atom. The molecule has 25 heavy (non-hydrogen) atoms. The van der Waals surface area contributed by atoms with Gasteiger partial charge in [0, 0.05) is 23.4 Å². The van der Waals surface area contributed by atoms with Gasteiger partial charge in [-0.15, -0.1) is 0 Å². The highest BCUT2D eigenvalue weighted by molar-refractivity contribution is 6.01. The Kier molecular flexibility index (Phi) is 4.95. The van der Waals surface area contributed by atoms with E-state index in [1.165, 1.54) is 0 Å². The molecule has 3 rings (SSSR count). The van der Waals surface area contributed by atoms with E-state index in [2.05, 4.69) is 22.5 Å². The quantitative estimate of drug-likeness (QED) is 0.422. The molecule has 126 valence electrons. The van der Waals surface area contributed by atoms with Crippen LogP contribution >= 0.6 is 0 Å². The molecule has 0 amide bonds. The van der Waals surface area contributed by atoms with E-state index in [-0.39, 0.29) is 17.6 Å². The summed E-state index contributed by atoms with van der Waals surface area (Å²) in [5, 5.41) is 23.6. The van der Waals surface area contributed by atoms with Crippen molar-refractivity contribution in [2.75, 3.05) is 10.6 Å². The summed E-state index contributed by atoms with van der Waals surface area (Å²) in [4.78, 5) is 4.38. The minimum Gasteiger partial charge on any atom is -0.508 e. The fraction of sp³-hybridized carbons (Fsp3) is 0.100. The maximum Gasteiger partial charge on any atom is 0.198 e. The minimum atomic E-state index is 0.0707. The number of aromatic hydroxyl groups is 1. The number of para-hydroxylation sites is 1. The highest BCUT2D eigenvalue weighted by Crippen LogP contribution is 2.29. The first kappa shape index (κ1) is 16.5. The van der Waals surface area contributed by atoms with E-state index in [0.717, 1.165) is 16.8 Å². The zero-order chi connectivity index (χ0) is 17.6. The van der Waals surface area contributed by atoms with Crippen molar-refractivity contribution < 1.29 is 5.11 Å². The summed E-state index contributed by atoms with van der Waals surface area (Å²) in [7, 11) is 0. The third kappa shape index (κ3) is 4.14. The molecule has 3 aromatic rings. The van der Waals surface area contributed by atoms with Crippen LogP contribution in [0.25, 0.3) is 0 Å². The summed E-state index contributed by atoms with van der Waals surface area (Å²) in [6, 6.07) is 20.6. The summed E-state index contributed by atoms with van der Waals surface area (Å²) in [6.07, 6.45) is 1.70. The molecular formula is C20H20N4O. The van der Waals surface area contributed by atoms with Crippen LogP contribution in [0, 0.1) is 5.41 Å². The van der Waals surface area contributed by atoms with E-state index in [9.17, 15) is 5.11 Å². The summed E-state index contributed by atoms with van der Waals surface area (Å²) in [5.74, 6) is 1.11. The van der Waals surface area contributed by atoms with Crippen molar-refractivity contribution in [3.05, 3.63) is 84.1 Å². The molecule has 0 aliphatic heterocycles. The number of nitrogens with zero attached hydrogens (tertiary/aromatic N) is 1. The van der Waals surface area contributed by atoms with Crippen LogP contribution in [0.5, 0.6) is 5.75 Å². The predicted octanol–water partition coefficient (Wildman–Crippen LogP) is 4.40. The highest BCUT2D eigenvalue weighted by Gasteiger charge is 2.14. The van der Waals surface area contributed by atoms with Crippen LogP contribution in [0.4, 0.5) is 11.5 Å². The number of pyridine rings is 1. The SMILES string of the molecule is CC(c1ccc(O)cc1)c1cccnc1NC(=N)Nc1ccccc1. The Bertz CT molecular complexity index is 847. The number of phenolic OH excluding ortho intramolecular Hbond substituents is 1. The number of benzene rings is 2. The van der Waals surface area contributed by atoms with Gasteiger partial charge in [-0.25, -0.2) is 4.98 Å². The third-order valence-electron chi connectivity index (χ3n) is 3.99. The number of hydrogen-bond donors (Lipinski definition) is 4. The lowest BCUT2D eigenvalue weighted by Crippen LogP contribution is -2.22. The van der Waals surface area contributed by atoms with Crippen LogP contribution < -0.4 is 10.6 Å². The molecule has 4 N–H and O–H groups in total. The molecule has 5 nitrogen and oxygen atoms in total. The second-order valence-corrected chi connectivity index (χ2v) is 5.75. The molecule has 0 aliphatic rings. The van der Waals surface area contributed by atoms with Crippen LogP contribution in [0.15, 0.2) is 72.9 Å². The summed E-state index contributed by atoms with van der Waals surface area (Å²) < 4.78 is 0. The predicted molar refractivity (Wildman–Crippen MR) is 101 cm³/mol. The molecule has 0 aliphatic carbocycles. The number of phenols is 1. The molecule has 1 unspecified atom stereocenters. The smallest absolute Gasteiger partial charge is 0.198 e. The van der Waals surface area contributed by atoms with E-state index in [1.54, 1.807) is 18.3 Å². The van der Waals surface area contributed by atoms with Crippen molar-refractivity contribution in [2.24, 2.45) is 0 Å². The van der Waals surface area contributed by atoms with Crippen molar-refractivity contribution in [1.82, 2.24) is 4.98 Å². The normalized spacial score (nSPS) is 11.6. The molecule has 1 heterocycles. The monoisotopic (exact) mass is 332 g/mol. The molecular weight excluding hydrogens is 312 g/mol. The maximum atomic E-state index is 9.46. The van der Waals surface area contributed by atoms with Crippen molar-refractivity contribution in [3.8, 4) is 5.75 Å². The third-order valence-corrected chi connectivity index (χ3v) is 3.99. The number of guanidine groups is 1. The molecule has 2 aromatic carbocycles. The second kappa shape index (κ2) is 7.49. The van der Waals surface area contributed by atoms with Gasteiger partial charge < -0.3 is 15.7 Å². The molecule has 0 spiro atoms. The average Bonchev–Trinajstić information content (AvgIpc) is 2.63. The first-order valence-electron chi connectivity index (χ1n) is 8.05. The Hall–Kier alpha value is -3.34. The van der Waals surface area contributed by atoms with Gasteiger partial charge in [0.1, 0.15) is 11.6 Å². The zero-order valence-corrected chi connectivity index (χ0v) is 13.9. The molecule has 5 heteroatoms. The van der Waals surface area contributed by atoms with E-state index in [4.69, 9.17) is 5.41 Å². The summed E-state index contributed by atoms with van der Waals surface area (Å²) in [5.41, 5.74) is 2.88. The van der Waals surface area contributed by atoms with Gasteiger partial charge in [-0.2, -0.15) is 0 Å². The lowest BCUT2D eigenvalue weighted by atomic mass is 9.93. The first-order chi connectivity index (χ1) is 12.1. The molecule has 0 radical (unpaired) electrons. The average molecular weight is 332 g/mol. The zero-order valence-electron chi connectivity index (χ0n) is 13.9. The number of anilines is 2. The van der Waals surface area contributed by atoms with Gasteiger partial charge in [0.05, 0.1) is 0 Å². The largest absolute Gasteiger partial charge is 0.508 e. The van der Waals surface area contributed by atoms with Gasteiger partial charge in [0.25, 0.3) is 0 Å². The maximum absolute atomic E-state index is 9.46. The van der Waals surface area contributed by atoms with Gasteiger partial charge in [0.2, 0.25) is 0 Å². The van der Waals surface area contributed by atoms with E-state index >= 15 is 0 Å². The van der Waals surface area contributed by atoms with Gasteiger partial charge in [-0.05, 0) is 35.9 Å². The fourth-order valence-corrected chi connectivity index (χ4v) is 2.63. The molecule has 1 atom stereocenters. The van der Waals surface area contributed by atoms with Gasteiger partial charge in [0.15, 0.2) is 5.96 Å². The minimum absolute atomic E-state index is 0.0707. The van der Waals surface area contributed by atoms with Crippen LogP contribution in [0.1, 0.15) is 24.0 Å². The second-order valence-electron chi connectivity index (χ2n) is 5.75. The standard InChI is InChI=1S/C20H20N4O/c1-14(15-9-11-17(25)12-10-15)18-8-5-13-22-19(18)24-20(21)23-16-6-3-2-4-7-16/h2-14,25H,1H3,(H3,21,22,23,24). The van der Waals surface area contributed by atoms with Crippen LogP contribution in [-0.2, 0) is 0 Å². The lowest BCUT2D eigenvalue weighted by Gasteiger charge is -2.18. The first-order valence-corrected chi connectivity index (χ1v) is 8.05. The molecule has 0 fully saturated rings. The van der Waals surface area contributed by atoms with Gasteiger partial charge >= 0.3 is 0 Å². The molecule has 1 aromatic heterocycles. The van der Waals surface area contributed by atoms with Crippen molar-refractivity contribution in [3.63, 3.8) is 0 Å². The molecule has 0 saturated carbocycles. The molecule has 0 saturated heterocycles. The van der Waals surface area contributed by atoms with E-state index in [0.29, 0.717) is 5.82 Å². The lowest BCUT2D eigenvalue weighted by molar-refractivity contribution is 0.475. The van der Waals surface area contributed by atoms with Crippen molar-refractivity contribution in [2.45, 2.75) is 12.8 Å². The number of hydrogen-bond acceptors (Lipinski definition) is 3. The topological polar surface area (TPSA) is 81.0 Å².